The monoisotopic (exact) mass is 336 g/mol. The van der Waals surface area contributed by atoms with E-state index in [4.69, 9.17) is 5.11 Å². The van der Waals surface area contributed by atoms with Crippen LogP contribution in [-0.4, -0.2) is 34.9 Å². The van der Waals surface area contributed by atoms with Crippen LogP contribution in [0.1, 0.15) is 25.8 Å². The van der Waals surface area contributed by atoms with E-state index in [1.54, 1.807) is 0 Å². The van der Waals surface area contributed by atoms with Crippen LogP contribution in [0, 0.1) is 5.41 Å². The number of aliphatic hydroxyl groups is 1. The SMILES string of the molecule is CC(C)(CCO)CNC(=O)CSc1ccc(C(F)(F)F)cn1. The molecule has 1 aromatic rings. The molecule has 4 nitrogen and oxygen atoms in total. The van der Waals surface area contributed by atoms with E-state index >= 15 is 0 Å². The number of hydrogen-bond acceptors (Lipinski definition) is 4. The predicted octanol–water partition coefficient (Wildman–Crippen LogP) is 2.72. The molecule has 0 aromatic carbocycles. The van der Waals surface area contributed by atoms with Gasteiger partial charge < -0.3 is 10.4 Å². The lowest BCUT2D eigenvalue weighted by molar-refractivity contribution is -0.137. The molecule has 0 bridgehead atoms. The second-order valence-electron chi connectivity index (χ2n) is 5.59. The number of carbonyl (C=O) groups is 1. The number of nitrogens with one attached hydrogen (secondary N) is 1. The van der Waals surface area contributed by atoms with Gasteiger partial charge in [-0.15, -0.1) is 0 Å². The first-order valence-electron chi connectivity index (χ1n) is 6.68. The summed E-state index contributed by atoms with van der Waals surface area (Å²) in [4.78, 5) is 15.4. The van der Waals surface area contributed by atoms with Gasteiger partial charge in [-0.25, -0.2) is 4.98 Å². The number of carbonyl (C=O) groups excluding carboxylic acids is 1. The van der Waals surface area contributed by atoms with Crippen molar-refractivity contribution in [1.29, 1.82) is 0 Å². The lowest BCUT2D eigenvalue weighted by atomic mass is 9.90. The zero-order chi connectivity index (χ0) is 16.8. The van der Waals surface area contributed by atoms with Crippen LogP contribution in [0.4, 0.5) is 13.2 Å². The van der Waals surface area contributed by atoms with Gasteiger partial charge in [0.15, 0.2) is 0 Å². The zero-order valence-corrected chi connectivity index (χ0v) is 13.2. The van der Waals surface area contributed by atoms with Crippen molar-refractivity contribution in [2.24, 2.45) is 5.41 Å². The van der Waals surface area contributed by atoms with Crippen molar-refractivity contribution >= 4 is 17.7 Å². The van der Waals surface area contributed by atoms with Gasteiger partial charge in [-0.3, -0.25) is 4.79 Å². The highest BCUT2D eigenvalue weighted by molar-refractivity contribution is 7.99. The molecule has 1 heterocycles. The number of thioether (sulfide) groups is 1. The second-order valence-corrected chi connectivity index (χ2v) is 6.58. The molecule has 0 spiro atoms. The summed E-state index contributed by atoms with van der Waals surface area (Å²) in [7, 11) is 0. The van der Waals surface area contributed by atoms with Crippen molar-refractivity contribution in [2.75, 3.05) is 18.9 Å². The third-order valence-corrected chi connectivity index (χ3v) is 3.91. The summed E-state index contributed by atoms with van der Waals surface area (Å²) in [6, 6.07) is 2.19. The number of amides is 1. The van der Waals surface area contributed by atoms with Gasteiger partial charge in [0.25, 0.3) is 0 Å². The number of alkyl halides is 3. The van der Waals surface area contributed by atoms with E-state index in [9.17, 15) is 18.0 Å². The lowest BCUT2D eigenvalue weighted by Gasteiger charge is -2.23. The van der Waals surface area contributed by atoms with Crippen LogP contribution in [0.25, 0.3) is 0 Å². The Bertz CT molecular complexity index is 490. The maximum atomic E-state index is 12.4. The summed E-state index contributed by atoms with van der Waals surface area (Å²) in [5.41, 5.74) is -1.02. The molecule has 0 aliphatic heterocycles. The molecule has 0 saturated heterocycles. The Balaban J connectivity index is 2.41. The first-order chi connectivity index (χ1) is 10.1. The van der Waals surface area contributed by atoms with Gasteiger partial charge in [0.05, 0.1) is 16.3 Å². The fourth-order valence-corrected chi connectivity index (χ4v) is 2.23. The number of aromatic nitrogens is 1. The van der Waals surface area contributed by atoms with Crippen LogP contribution in [0.5, 0.6) is 0 Å². The van der Waals surface area contributed by atoms with Crippen LogP contribution >= 0.6 is 11.8 Å². The number of hydrogen-bond donors (Lipinski definition) is 2. The number of rotatable bonds is 7. The summed E-state index contributed by atoms with van der Waals surface area (Å²) < 4.78 is 37.1. The van der Waals surface area contributed by atoms with E-state index in [0.717, 1.165) is 24.0 Å². The molecule has 1 aromatic heterocycles. The highest BCUT2D eigenvalue weighted by Crippen LogP contribution is 2.29. The maximum Gasteiger partial charge on any atom is 0.417 e. The third-order valence-electron chi connectivity index (χ3n) is 2.97. The van der Waals surface area contributed by atoms with Crippen LogP contribution in [-0.2, 0) is 11.0 Å². The molecule has 0 saturated carbocycles. The zero-order valence-electron chi connectivity index (χ0n) is 12.4. The van der Waals surface area contributed by atoms with Gasteiger partial charge in [-0.1, -0.05) is 25.6 Å². The van der Waals surface area contributed by atoms with Crippen molar-refractivity contribution in [3.63, 3.8) is 0 Å². The quantitative estimate of drug-likeness (QED) is 0.752. The van der Waals surface area contributed by atoms with Crippen LogP contribution < -0.4 is 5.32 Å². The fraction of sp³-hybridized carbons (Fsp3) is 0.571. The smallest absolute Gasteiger partial charge is 0.396 e. The molecule has 0 atom stereocenters. The van der Waals surface area contributed by atoms with Crippen molar-refractivity contribution in [2.45, 2.75) is 31.5 Å². The first kappa shape index (κ1) is 18.8. The Hall–Kier alpha value is -1.28. The van der Waals surface area contributed by atoms with E-state index in [1.807, 2.05) is 13.8 Å². The molecule has 0 aliphatic carbocycles. The number of halogens is 3. The lowest BCUT2D eigenvalue weighted by Crippen LogP contribution is -2.35. The van der Waals surface area contributed by atoms with Crippen molar-refractivity contribution in [3.05, 3.63) is 23.9 Å². The summed E-state index contributed by atoms with van der Waals surface area (Å²) in [5, 5.41) is 12.0. The van der Waals surface area contributed by atoms with E-state index in [0.29, 0.717) is 18.0 Å². The average molecular weight is 336 g/mol. The summed E-state index contributed by atoms with van der Waals surface area (Å²) in [6.45, 7) is 4.32. The molecule has 0 unspecified atom stereocenters. The van der Waals surface area contributed by atoms with Gasteiger partial charge in [0, 0.05) is 19.3 Å². The van der Waals surface area contributed by atoms with Crippen LogP contribution in [0.2, 0.25) is 0 Å². The molecule has 2 N–H and O–H groups in total. The van der Waals surface area contributed by atoms with Crippen LogP contribution in [0.3, 0.4) is 0 Å². The number of nitrogens with zero attached hydrogens (tertiary/aromatic N) is 1. The number of aliphatic hydroxyl groups excluding tert-OH is 1. The molecule has 8 heteroatoms. The van der Waals surface area contributed by atoms with Crippen molar-refractivity contribution < 1.29 is 23.1 Å². The largest absolute Gasteiger partial charge is 0.417 e. The molecule has 1 rings (SSSR count). The Morgan fingerprint density at radius 2 is 2.05 bits per heavy atom. The Labute approximate surface area is 131 Å². The van der Waals surface area contributed by atoms with Gasteiger partial charge in [-0.05, 0) is 24.0 Å². The Morgan fingerprint density at radius 1 is 1.36 bits per heavy atom. The molecule has 124 valence electrons. The second kappa shape index (κ2) is 7.82. The minimum absolute atomic E-state index is 0.0487. The molecule has 1 amide bonds. The topological polar surface area (TPSA) is 62.2 Å². The van der Waals surface area contributed by atoms with Crippen LogP contribution in [0.15, 0.2) is 23.4 Å². The van der Waals surface area contributed by atoms with E-state index in [-0.39, 0.29) is 23.7 Å². The Morgan fingerprint density at radius 3 is 2.55 bits per heavy atom. The molecule has 22 heavy (non-hydrogen) atoms. The van der Waals surface area contributed by atoms with Gasteiger partial charge >= 0.3 is 6.18 Å². The third kappa shape index (κ3) is 6.65. The van der Waals surface area contributed by atoms with Gasteiger partial charge in [0.2, 0.25) is 5.91 Å². The molecular formula is C14H19F3N2O2S. The fourth-order valence-electron chi connectivity index (χ4n) is 1.55. The van der Waals surface area contributed by atoms with Crippen molar-refractivity contribution in [3.8, 4) is 0 Å². The maximum absolute atomic E-state index is 12.4. The molecular weight excluding hydrogens is 317 g/mol. The van der Waals surface area contributed by atoms with E-state index < -0.39 is 11.7 Å². The van der Waals surface area contributed by atoms with E-state index in [2.05, 4.69) is 10.3 Å². The summed E-state index contributed by atoms with van der Waals surface area (Å²) in [5.74, 6) is -0.147. The highest BCUT2D eigenvalue weighted by Gasteiger charge is 2.30. The summed E-state index contributed by atoms with van der Waals surface area (Å²) >= 11 is 1.07. The average Bonchev–Trinajstić information content (AvgIpc) is 2.42. The molecule has 0 radical (unpaired) electrons. The minimum atomic E-state index is -4.41. The number of pyridine rings is 1. The van der Waals surface area contributed by atoms with Crippen molar-refractivity contribution in [1.82, 2.24) is 10.3 Å². The van der Waals surface area contributed by atoms with E-state index in [1.165, 1.54) is 6.07 Å². The van der Waals surface area contributed by atoms with Gasteiger partial charge in [-0.2, -0.15) is 13.2 Å². The minimum Gasteiger partial charge on any atom is -0.396 e. The van der Waals surface area contributed by atoms with Gasteiger partial charge in [0.1, 0.15) is 0 Å². The normalized spacial score (nSPS) is 12.3. The predicted molar refractivity (Wildman–Crippen MR) is 78.5 cm³/mol. The highest BCUT2D eigenvalue weighted by atomic mass is 32.2. The molecule has 0 aliphatic rings. The first-order valence-corrected chi connectivity index (χ1v) is 7.66. The molecule has 0 fully saturated rings. The Kier molecular flexibility index (Phi) is 6.67. The standard InChI is InChI=1S/C14H19F3N2O2S/c1-13(2,5-6-20)9-19-11(21)8-22-12-4-3-10(7-18-12)14(15,16)17/h3-4,7,20H,5-6,8-9H2,1-2H3,(H,19,21). The summed E-state index contributed by atoms with van der Waals surface area (Å²) in [6.07, 6.45) is -3.09.